The van der Waals surface area contributed by atoms with Gasteiger partial charge in [0.25, 0.3) is 0 Å². The molecule has 28 heavy (non-hydrogen) atoms. The van der Waals surface area contributed by atoms with E-state index >= 15 is 0 Å². The third-order valence-electron chi connectivity index (χ3n) is 5.70. The Balaban J connectivity index is 1.24. The van der Waals surface area contributed by atoms with Crippen LogP contribution in [0, 0.1) is 5.82 Å². The van der Waals surface area contributed by atoms with Crippen LogP contribution in [0.4, 0.5) is 9.52 Å². The summed E-state index contributed by atoms with van der Waals surface area (Å²) >= 11 is 1.74. The molecule has 1 aromatic heterocycles. The summed E-state index contributed by atoms with van der Waals surface area (Å²) in [5.41, 5.74) is 2.25. The SMILES string of the molecule is CN=C(NCCc1csc(N2CCCC2)n1)NCC1(c2cccc(F)c2)CC1. The highest BCUT2D eigenvalue weighted by atomic mass is 32.1. The number of benzene rings is 1. The maximum Gasteiger partial charge on any atom is 0.191 e. The van der Waals surface area contributed by atoms with Crippen LogP contribution in [-0.4, -0.2) is 44.2 Å². The second kappa shape index (κ2) is 8.47. The van der Waals surface area contributed by atoms with E-state index in [1.165, 1.54) is 18.9 Å². The molecule has 0 unspecified atom stereocenters. The number of hydrogen-bond acceptors (Lipinski definition) is 4. The van der Waals surface area contributed by atoms with Crippen LogP contribution in [0.5, 0.6) is 0 Å². The molecular weight excluding hydrogens is 373 g/mol. The number of anilines is 1. The van der Waals surface area contributed by atoms with Gasteiger partial charge in [0.05, 0.1) is 5.69 Å². The molecule has 1 saturated heterocycles. The topological polar surface area (TPSA) is 52.6 Å². The lowest BCUT2D eigenvalue weighted by atomic mass is 9.96. The minimum atomic E-state index is -0.164. The number of rotatable bonds is 7. The summed E-state index contributed by atoms with van der Waals surface area (Å²) in [6, 6.07) is 6.97. The molecule has 2 heterocycles. The Bertz CT molecular complexity index is 824. The van der Waals surface area contributed by atoms with Crippen LogP contribution >= 0.6 is 11.3 Å². The molecule has 1 aromatic carbocycles. The normalized spacial score (nSPS) is 18.4. The first-order valence-electron chi connectivity index (χ1n) is 10.1. The van der Waals surface area contributed by atoms with Gasteiger partial charge in [-0.25, -0.2) is 9.37 Å². The maximum absolute atomic E-state index is 13.6. The number of aromatic nitrogens is 1. The molecule has 150 valence electrons. The van der Waals surface area contributed by atoms with Crippen LogP contribution in [0.2, 0.25) is 0 Å². The summed E-state index contributed by atoms with van der Waals surface area (Å²) in [6.07, 6.45) is 5.59. The Morgan fingerprint density at radius 3 is 2.82 bits per heavy atom. The zero-order valence-corrected chi connectivity index (χ0v) is 17.2. The molecule has 1 aliphatic heterocycles. The Kier molecular flexibility index (Phi) is 5.80. The number of halogens is 1. The molecule has 7 heteroatoms. The largest absolute Gasteiger partial charge is 0.356 e. The van der Waals surface area contributed by atoms with Crippen LogP contribution in [0.3, 0.4) is 0 Å². The van der Waals surface area contributed by atoms with Gasteiger partial charge in [-0.1, -0.05) is 12.1 Å². The van der Waals surface area contributed by atoms with Gasteiger partial charge in [0.15, 0.2) is 11.1 Å². The van der Waals surface area contributed by atoms with E-state index in [9.17, 15) is 4.39 Å². The number of nitrogens with one attached hydrogen (secondary N) is 2. The van der Waals surface area contributed by atoms with Gasteiger partial charge >= 0.3 is 0 Å². The zero-order chi connectivity index (χ0) is 19.4. The number of guanidine groups is 1. The molecule has 0 bridgehead atoms. The smallest absolute Gasteiger partial charge is 0.191 e. The van der Waals surface area contributed by atoms with E-state index in [4.69, 9.17) is 4.98 Å². The van der Waals surface area contributed by atoms with Gasteiger partial charge in [-0.3, -0.25) is 4.99 Å². The lowest BCUT2D eigenvalue weighted by Crippen LogP contribution is -2.42. The van der Waals surface area contributed by atoms with E-state index in [1.54, 1.807) is 30.5 Å². The summed E-state index contributed by atoms with van der Waals surface area (Å²) in [7, 11) is 1.78. The van der Waals surface area contributed by atoms with Crippen LogP contribution < -0.4 is 15.5 Å². The lowest BCUT2D eigenvalue weighted by Gasteiger charge is -2.19. The third-order valence-corrected chi connectivity index (χ3v) is 6.65. The van der Waals surface area contributed by atoms with E-state index in [0.29, 0.717) is 0 Å². The molecule has 0 spiro atoms. The summed E-state index contributed by atoms with van der Waals surface area (Å²) in [5.74, 6) is 0.625. The van der Waals surface area contributed by atoms with E-state index in [-0.39, 0.29) is 11.2 Å². The predicted molar refractivity (Wildman–Crippen MR) is 114 cm³/mol. The first-order valence-corrected chi connectivity index (χ1v) is 11.0. The van der Waals surface area contributed by atoms with Crippen LogP contribution in [-0.2, 0) is 11.8 Å². The first-order chi connectivity index (χ1) is 13.7. The van der Waals surface area contributed by atoms with Gasteiger partial charge in [-0.15, -0.1) is 11.3 Å². The standard InChI is InChI=1S/C21H28FN5S/c1-23-19(25-15-21(8-9-21)16-5-4-6-17(22)13-16)24-10-7-18-14-28-20(26-18)27-11-2-3-12-27/h4-6,13-14H,2-3,7-12,15H2,1H3,(H2,23,24,25). The summed E-state index contributed by atoms with van der Waals surface area (Å²) in [6.45, 7) is 3.82. The van der Waals surface area contributed by atoms with Crippen molar-refractivity contribution in [2.45, 2.75) is 37.5 Å². The quantitative estimate of drug-likeness (QED) is 0.552. The Morgan fingerprint density at radius 1 is 1.29 bits per heavy atom. The van der Waals surface area contributed by atoms with Crippen LogP contribution in [0.1, 0.15) is 36.9 Å². The number of hydrogen-bond donors (Lipinski definition) is 2. The zero-order valence-electron chi connectivity index (χ0n) is 16.4. The molecule has 2 fully saturated rings. The van der Waals surface area contributed by atoms with Gasteiger partial charge in [-0.2, -0.15) is 0 Å². The van der Waals surface area contributed by atoms with Gasteiger partial charge < -0.3 is 15.5 Å². The van der Waals surface area contributed by atoms with Gasteiger partial charge in [-0.05, 0) is 43.4 Å². The molecule has 4 rings (SSSR count). The van der Waals surface area contributed by atoms with Gasteiger partial charge in [0, 0.05) is 50.4 Å². The molecular formula is C21H28FN5S. The molecule has 1 aliphatic carbocycles. The molecule has 0 radical (unpaired) electrons. The summed E-state index contributed by atoms with van der Waals surface area (Å²) in [4.78, 5) is 11.5. The van der Waals surface area contributed by atoms with Crippen molar-refractivity contribution in [2.75, 3.05) is 38.1 Å². The molecule has 2 N–H and O–H groups in total. The highest BCUT2D eigenvalue weighted by molar-refractivity contribution is 7.13. The summed E-state index contributed by atoms with van der Waals surface area (Å²) in [5, 5.41) is 10.1. The minimum absolute atomic E-state index is 0.0409. The monoisotopic (exact) mass is 401 g/mol. The third kappa shape index (κ3) is 4.46. The number of nitrogens with zero attached hydrogens (tertiary/aromatic N) is 3. The van der Waals surface area contributed by atoms with Gasteiger partial charge in [0.2, 0.25) is 0 Å². The fourth-order valence-electron chi connectivity index (χ4n) is 3.78. The van der Waals surface area contributed by atoms with Crippen LogP contribution in [0.15, 0.2) is 34.6 Å². The lowest BCUT2D eigenvalue weighted by molar-refractivity contribution is 0.607. The van der Waals surface area contributed by atoms with E-state index < -0.39 is 0 Å². The molecule has 0 atom stereocenters. The summed E-state index contributed by atoms with van der Waals surface area (Å²) < 4.78 is 13.6. The van der Waals surface area contributed by atoms with Crippen molar-refractivity contribution in [3.8, 4) is 0 Å². The predicted octanol–water partition coefficient (Wildman–Crippen LogP) is 3.32. The first kappa shape index (κ1) is 19.2. The Morgan fingerprint density at radius 2 is 2.11 bits per heavy atom. The van der Waals surface area contributed by atoms with E-state index in [1.807, 2.05) is 6.07 Å². The number of thiazole rings is 1. The average molecular weight is 402 g/mol. The molecule has 5 nitrogen and oxygen atoms in total. The van der Waals surface area contributed by atoms with Crippen LogP contribution in [0.25, 0.3) is 0 Å². The van der Waals surface area contributed by atoms with Crippen molar-refractivity contribution in [2.24, 2.45) is 4.99 Å². The molecule has 1 saturated carbocycles. The van der Waals surface area contributed by atoms with Crippen molar-refractivity contribution in [1.82, 2.24) is 15.6 Å². The molecule has 0 amide bonds. The number of aliphatic imine (C=N–C) groups is 1. The van der Waals surface area contributed by atoms with E-state index in [0.717, 1.165) is 67.8 Å². The average Bonchev–Trinajstić information content (AvgIpc) is 3.08. The highest BCUT2D eigenvalue weighted by Crippen LogP contribution is 2.47. The second-order valence-corrected chi connectivity index (χ2v) is 8.55. The van der Waals surface area contributed by atoms with Crippen molar-refractivity contribution in [1.29, 1.82) is 0 Å². The van der Waals surface area contributed by atoms with Crippen molar-refractivity contribution in [3.05, 3.63) is 46.7 Å². The van der Waals surface area contributed by atoms with Crippen molar-refractivity contribution < 1.29 is 4.39 Å². The Hall–Kier alpha value is -2.15. The van der Waals surface area contributed by atoms with Crippen molar-refractivity contribution in [3.63, 3.8) is 0 Å². The molecule has 2 aromatic rings. The minimum Gasteiger partial charge on any atom is -0.356 e. The maximum atomic E-state index is 13.6. The van der Waals surface area contributed by atoms with Crippen molar-refractivity contribution >= 4 is 22.4 Å². The fraction of sp³-hybridized carbons (Fsp3) is 0.524. The highest BCUT2D eigenvalue weighted by Gasteiger charge is 2.44. The van der Waals surface area contributed by atoms with E-state index in [2.05, 4.69) is 25.9 Å². The van der Waals surface area contributed by atoms with Gasteiger partial charge in [0.1, 0.15) is 5.82 Å². The fourth-order valence-corrected chi connectivity index (χ4v) is 4.70. The Labute approximate surface area is 170 Å². The second-order valence-electron chi connectivity index (χ2n) is 7.71. The molecule has 2 aliphatic rings.